The van der Waals surface area contributed by atoms with Crippen LogP contribution in [0.4, 0.5) is 0 Å². The molecule has 1 fully saturated rings. The van der Waals surface area contributed by atoms with E-state index in [1.54, 1.807) is 7.05 Å². The van der Waals surface area contributed by atoms with E-state index in [4.69, 9.17) is 0 Å². The number of hydrogen-bond donors (Lipinski definition) is 3. The molecule has 0 aromatic heterocycles. The zero-order valence-electron chi connectivity index (χ0n) is 13.7. The largest absolute Gasteiger partial charge is 0.356 e. The number of aliphatic imine (C=N–C) groups is 1. The summed E-state index contributed by atoms with van der Waals surface area (Å²) in [5, 5.41) is 9.22. The maximum Gasteiger partial charge on any atom is 0.220 e. The van der Waals surface area contributed by atoms with Gasteiger partial charge in [0.15, 0.2) is 5.96 Å². The number of sulfone groups is 1. The van der Waals surface area contributed by atoms with E-state index in [2.05, 4.69) is 20.9 Å². The lowest BCUT2D eigenvalue weighted by atomic mass is 10.2. The fraction of sp³-hybridized carbons (Fsp3) is 0.857. The van der Waals surface area contributed by atoms with Crippen molar-refractivity contribution in [2.24, 2.45) is 4.99 Å². The van der Waals surface area contributed by atoms with Crippen LogP contribution in [-0.2, 0) is 14.6 Å². The average Bonchev–Trinajstić information content (AvgIpc) is 3.23. The first-order valence-electron chi connectivity index (χ1n) is 7.74. The third-order valence-electron chi connectivity index (χ3n) is 3.34. The van der Waals surface area contributed by atoms with Gasteiger partial charge in [-0.15, -0.1) is 0 Å². The summed E-state index contributed by atoms with van der Waals surface area (Å²) in [6.07, 6.45) is 5.21. The summed E-state index contributed by atoms with van der Waals surface area (Å²) in [6.45, 7) is 2.57. The van der Waals surface area contributed by atoms with Crippen LogP contribution in [0.2, 0.25) is 0 Å². The molecule has 1 unspecified atom stereocenters. The van der Waals surface area contributed by atoms with E-state index in [9.17, 15) is 13.2 Å². The number of rotatable bonds is 9. The molecule has 0 saturated heterocycles. The van der Waals surface area contributed by atoms with Crippen LogP contribution < -0.4 is 16.0 Å². The van der Waals surface area contributed by atoms with E-state index in [-0.39, 0.29) is 17.7 Å². The van der Waals surface area contributed by atoms with Crippen molar-refractivity contribution in [3.63, 3.8) is 0 Å². The molecule has 0 radical (unpaired) electrons. The van der Waals surface area contributed by atoms with Crippen molar-refractivity contribution >= 4 is 21.7 Å². The fourth-order valence-electron chi connectivity index (χ4n) is 1.87. The van der Waals surface area contributed by atoms with Crippen molar-refractivity contribution in [3.05, 3.63) is 0 Å². The summed E-state index contributed by atoms with van der Waals surface area (Å²) in [6, 6.07) is 0.421. The van der Waals surface area contributed by atoms with Crippen LogP contribution in [0.15, 0.2) is 4.99 Å². The van der Waals surface area contributed by atoms with Crippen LogP contribution >= 0.6 is 0 Å². The average molecular weight is 332 g/mol. The quantitative estimate of drug-likeness (QED) is 0.314. The van der Waals surface area contributed by atoms with Crippen molar-refractivity contribution in [3.8, 4) is 0 Å². The Bertz CT molecular complexity index is 486. The number of carbonyl (C=O) groups excluding carboxylic acids is 1. The number of guanidine groups is 1. The van der Waals surface area contributed by atoms with E-state index in [1.165, 1.54) is 6.26 Å². The number of hydrogen-bond acceptors (Lipinski definition) is 4. The third-order valence-corrected chi connectivity index (χ3v) is 4.32. The Kier molecular flexibility index (Phi) is 7.64. The van der Waals surface area contributed by atoms with Crippen LogP contribution in [0.25, 0.3) is 0 Å². The van der Waals surface area contributed by atoms with Crippen LogP contribution in [0.3, 0.4) is 0 Å². The van der Waals surface area contributed by atoms with E-state index >= 15 is 0 Å². The SMILES string of the molecule is CN=C(NCCCC(=O)NC1CC1)NC(C)CCS(C)(=O)=O. The summed E-state index contributed by atoms with van der Waals surface area (Å²) in [5.41, 5.74) is 0. The van der Waals surface area contributed by atoms with Gasteiger partial charge in [0, 0.05) is 38.4 Å². The molecule has 7 nitrogen and oxygen atoms in total. The monoisotopic (exact) mass is 332 g/mol. The Morgan fingerprint density at radius 2 is 2.05 bits per heavy atom. The third kappa shape index (κ3) is 9.59. The van der Waals surface area contributed by atoms with E-state index < -0.39 is 9.84 Å². The van der Waals surface area contributed by atoms with Gasteiger partial charge in [0.25, 0.3) is 0 Å². The Balaban J connectivity index is 2.14. The summed E-state index contributed by atoms with van der Waals surface area (Å²) in [5.74, 6) is 0.886. The lowest BCUT2D eigenvalue weighted by Crippen LogP contribution is -2.43. The smallest absolute Gasteiger partial charge is 0.220 e. The van der Waals surface area contributed by atoms with Crippen molar-refractivity contribution in [1.82, 2.24) is 16.0 Å². The molecule has 22 heavy (non-hydrogen) atoms. The highest BCUT2D eigenvalue weighted by molar-refractivity contribution is 7.90. The minimum absolute atomic E-state index is 0.0130. The molecule has 8 heteroatoms. The molecule has 1 aliphatic rings. The Labute approximate surface area is 133 Å². The van der Waals surface area contributed by atoms with Crippen LogP contribution in [0.1, 0.15) is 39.0 Å². The molecular weight excluding hydrogens is 304 g/mol. The van der Waals surface area contributed by atoms with E-state index in [1.807, 2.05) is 6.92 Å². The molecule has 0 aliphatic heterocycles. The summed E-state index contributed by atoms with van der Waals surface area (Å²) < 4.78 is 22.3. The molecule has 0 spiro atoms. The van der Waals surface area contributed by atoms with Crippen molar-refractivity contribution in [2.75, 3.05) is 25.6 Å². The molecule has 1 atom stereocenters. The lowest BCUT2D eigenvalue weighted by Gasteiger charge is -2.17. The van der Waals surface area contributed by atoms with Crippen molar-refractivity contribution in [2.45, 2.75) is 51.1 Å². The zero-order chi connectivity index (χ0) is 16.6. The van der Waals surface area contributed by atoms with Gasteiger partial charge in [0.1, 0.15) is 9.84 Å². The molecular formula is C14H28N4O3S. The highest BCUT2D eigenvalue weighted by Crippen LogP contribution is 2.18. The maximum absolute atomic E-state index is 11.5. The second-order valence-corrected chi connectivity index (χ2v) is 8.17. The van der Waals surface area contributed by atoms with Gasteiger partial charge in [-0.05, 0) is 32.6 Å². The van der Waals surface area contributed by atoms with Gasteiger partial charge in [0.05, 0.1) is 5.75 Å². The zero-order valence-corrected chi connectivity index (χ0v) is 14.5. The summed E-state index contributed by atoms with van der Waals surface area (Å²) in [7, 11) is -1.28. The number of nitrogens with zero attached hydrogens (tertiary/aromatic N) is 1. The van der Waals surface area contributed by atoms with Crippen LogP contribution in [0.5, 0.6) is 0 Å². The lowest BCUT2D eigenvalue weighted by molar-refractivity contribution is -0.121. The number of nitrogens with one attached hydrogen (secondary N) is 3. The van der Waals surface area contributed by atoms with Gasteiger partial charge in [0.2, 0.25) is 5.91 Å². The first-order chi connectivity index (χ1) is 10.3. The van der Waals surface area contributed by atoms with E-state index in [0.717, 1.165) is 19.3 Å². The number of carbonyl (C=O) groups is 1. The molecule has 1 amide bonds. The van der Waals surface area contributed by atoms with E-state index in [0.29, 0.717) is 31.4 Å². The molecule has 0 aromatic carbocycles. The first kappa shape index (κ1) is 18.7. The topological polar surface area (TPSA) is 99.7 Å². The predicted octanol–water partition coefficient (Wildman–Crippen LogP) is 0.0334. The van der Waals surface area contributed by atoms with Crippen LogP contribution in [-0.4, -0.2) is 58.0 Å². The highest BCUT2D eigenvalue weighted by Gasteiger charge is 2.22. The Morgan fingerprint density at radius 1 is 1.36 bits per heavy atom. The molecule has 0 bridgehead atoms. The first-order valence-corrected chi connectivity index (χ1v) is 9.80. The molecule has 128 valence electrons. The van der Waals surface area contributed by atoms with Crippen molar-refractivity contribution < 1.29 is 13.2 Å². The van der Waals surface area contributed by atoms with Gasteiger partial charge >= 0.3 is 0 Å². The Morgan fingerprint density at radius 3 is 2.59 bits per heavy atom. The highest BCUT2D eigenvalue weighted by atomic mass is 32.2. The standard InChI is InChI=1S/C14H28N4O3S/c1-11(8-10-22(3,20)21)17-14(15-2)16-9-4-5-13(19)18-12-6-7-12/h11-12H,4-10H2,1-3H3,(H,18,19)(H2,15,16,17). The molecule has 1 rings (SSSR count). The van der Waals surface area contributed by atoms with Gasteiger partial charge in [-0.3, -0.25) is 9.79 Å². The minimum Gasteiger partial charge on any atom is -0.356 e. The van der Waals surface area contributed by atoms with Gasteiger partial charge in [-0.1, -0.05) is 0 Å². The fourth-order valence-corrected chi connectivity index (χ4v) is 2.66. The molecule has 0 heterocycles. The number of amides is 1. The second kappa shape index (κ2) is 8.97. The Hall–Kier alpha value is -1.31. The molecule has 1 saturated carbocycles. The molecule has 1 aliphatic carbocycles. The summed E-state index contributed by atoms with van der Waals surface area (Å²) in [4.78, 5) is 15.6. The molecule has 0 aromatic rings. The minimum atomic E-state index is -2.94. The normalized spacial score (nSPS) is 17.0. The molecule has 3 N–H and O–H groups in total. The van der Waals surface area contributed by atoms with Gasteiger partial charge in [-0.2, -0.15) is 0 Å². The van der Waals surface area contributed by atoms with Gasteiger partial charge in [-0.25, -0.2) is 8.42 Å². The van der Waals surface area contributed by atoms with Crippen molar-refractivity contribution in [1.29, 1.82) is 0 Å². The second-order valence-electron chi connectivity index (χ2n) is 5.91. The van der Waals surface area contributed by atoms with Crippen LogP contribution in [0, 0.1) is 0 Å². The predicted molar refractivity (Wildman–Crippen MR) is 88.7 cm³/mol. The summed E-state index contributed by atoms with van der Waals surface area (Å²) >= 11 is 0. The maximum atomic E-state index is 11.5. The van der Waals surface area contributed by atoms with Gasteiger partial charge < -0.3 is 16.0 Å².